The Kier molecular flexibility index (Phi) is 8.51. The number of carbonyl (C=O) groups excluding carboxylic acids is 1. The number of rotatable bonds is 10. The van der Waals surface area contributed by atoms with Crippen molar-refractivity contribution in [2.24, 2.45) is 0 Å². The normalized spacial score (nSPS) is 13.5. The van der Waals surface area contributed by atoms with Gasteiger partial charge in [0, 0.05) is 12.5 Å². The van der Waals surface area contributed by atoms with Crippen LogP contribution in [0.4, 0.5) is 4.39 Å². The highest BCUT2D eigenvalue weighted by Crippen LogP contribution is 2.13. The zero-order valence-electron chi connectivity index (χ0n) is 13.3. The van der Waals surface area contributed by atoms with E-state index in [0.29, 0.717) is 18.7 Å². The Morgan fingerprint density at radius 1 is 1.32 bits per heavy atom. The fraction of sp³-hybridized carbons (Fsp3) is 0.588. The Morgan fingerprint density at radius 2 is 2.09 bits per heavy atom. The minimum atomic E-state index is -0.342. The first-order chi connectivity index (χ1) is 10.5. The molecule has 0 radical (unpaired) electrons. The van der Waals surface area contributed by atoms with Crippen molar-refractivity contribution < 1.29 is 19.0 Å². The predicted molar refractivity (Wildman–Crippen MR) is 84.3 cm³/mol. The van der Waals surface area contributed by atoms with Crippen LogP contribution >= 0.6 is 0 Å². The van der Waals surface area contributed by atoms with Crippen molar-refractivity contribution in [3.8, 4) is 5.75 Å². The van der Waals surface area contributed by atoms with Crippen molar-refractivity contribution in [2.45, 2.75) is 58.2 Å². The lowest BCUT2D eigenvalue weighted by Gasteiger charge is -2.15. The Balaban J connectivity index is 2.12. The van der Waals surface area contributed by atoms with Crippen molar-refractivity contribution in [1.29, 1.82) is 0 Å². The second-order valence-electron chi connectivity index (χ2n) is 5.64. The summed E-state index contributed by atoms with van der Waals surface area (Å²) < 4.78 is 18.6. The lowest BCUT2D eigenvalue weighted by atomic mass is 10.1. The maximum atomic E-state index is 13.0. The number of benzene rings is 1. The van der Waals surface area contributed by atoms with Gasteiger partial charge in [0.05, 0.1) is 12.6 Å². The molecule has 0 bridgehead atoms. The van der Waals surface area contributed by atoms with E-state index in [1.54, 1.807) is 19.1 Å². The van der Waals surface area contributed by atoms with E-state index >= 15 is 0 Å². The first kappa shape index (κ1) is 18.4. The lowest BCUT2D eigenvalue weighted by molar-refractivity contribution is -0.121. The summed E-state index contributed by atoms with van der Waals surface area (Å²) in [6, 6.07) is 5.95. The van der Waals surface area contributed by atoms with Gasteiger partial charge in [-0.15, -0.1) is 0 Å². The van der Waals surface area contributed by atoms with Crippen molar-refractivity contribution in [3.63, 3.8) is 0 Å². The molecule has 4 nitrogen and oxygen atoms in total. The van der Waals surface area contributed by atoms with Crippen LogP contribution in [-0.2, 0) is 4.79 Å². The van der Waals surface area contributed by atoms with Crippen LogP contribution in [0.5, 0.6) is 5.75 Å². The third-order valence-corrected chi connectivity index (χ3v) is 3.25. The van der Waals surface area contributed by atoms with E-state index in [9.17, 15) is 9.18 Å². The molecule has 0 aromatic heterocycles. The van der Waals surface area contributed by atoms with Crippen molar-refractivity contribution in [3.05, 3.63) is 30.1 Å². The summed E-state index contributed by atoms with van der Waals surface area (Å²) >= 11 is 0. The minimum absolute atomic E-state index is 0.00765. The number of aliphatic hydroxyl groups excluding tert-OH is 1. The van der Waals surface area contributed by atoms with E-state index in [-0.39, 0.29) is 23.9 Å². The third kappa shape index (κ3) is 8.62. The van der Waals surface area contributed by atoms with Crippen molar-refractivity contribution >= 4 is 5.91 Å². The van der Waals surface area contributed by atoms with Gasteiger partial charge < -0.3 is 15.2 Å². The monoisotopic (exact) mass is 311 g/mol. The average molecular weight is 311 g/mol. The molecule has 0 spiro atoms. The summed E-state index contributed by atoms with van der Waals surface area (Å²) in [6.45, 7) is 3.99. The molecule has 0 aliphatic rings. The molecule has 22 heavy (non-hydrogen) atoms. The molecule has 1 rings (SSSR count). The molecule has 0 heterocycles. The van der Waals surface area contributed by atoms with Gasteiger partial charge in [0.1, 0.15) is 17.7 Å². The van der Waals surface area contributed by atoms with Gasteiger partial charge in [-0.25, -0.2) is 4.39 Å². The molecule has 1 amide bonds. The molecule has 0 aliphatic carbocycles. The molecule has 5 heteroatoms. The van der Waals surface area contributed by atoms with Crippen LogP contribution in [0.15, 0.2) is 24.3 Å². The Hall–Kier alpha value is -1.62. The number of carbonyl (C=O) groups is 1. The quantitative estimate of drug-likeness (QED) is 0.653. The van der Waals surface area contributed by atoms with E-state index in [2.05, 4.69) is 5.32 Å². The van der Waals surface area contributed by atoms with Gasteiger partial charge in [-0.05, 0) is 38.8 Å². The summed E-state index contributed by atoms with van der Waals surface area (Å²) in [4.78, 5) is 11.7. The Bertz CT molecular complexity index is 451. The molecule has 2 atom stereocenters. The molecule has 2 N–H and O–H groups in total. The van der Waals surface area contributed by atoms with Crippen LogP contribution in [0.25, 0.3) is 0 Å². The maximum Gasteiger partial charge on any atom is 0.220 e. The van der Waals surface area contributed by atoms with Crippen LogP contribution in [0, 0.1) is 5.82 Å². The number of unbranched alkanes of at least 4 members (excludes halogenated alkanes) is 2. The second kappa shape index (κ2) is 10.2. The minimum Gasteiger partial charge on any atom is -0.489 e. The number of hydrogen-bond acceptors (Lipinski definition) is 3. The van der Waals surface area contributed by atoms with Crippen molar-refractivity contribution in [2.75, 3.05) is 6.54 Å². The first-order valence-electron chi connectivity index (χ1n) is 7.84. The Labute approximate surface area is 131 Å². The van der Waals surface area contributed by atoms with Gasteiger partial charge in [0.25, 0.3) is 0 Å². The molecule has 124 valence electrons. The van der Waals surface area contributed by atoms with Gasteiger partial charge in [0.2, 0.25) is 5.91 Å². The number of nitrogens with one attached hydrogen (secondary N) is 1. The van der Waals surface area contributed by atoms with Gasteiger partial charge >= 0.3 is 0 Å². The Morgan fingerprint density at radius 3 is 2.77 bits per heavy atom. The fourth-order valence-corrected chi connectivity index (χ4v) is 2.06. The number of ether oxygens (including phenoxy) is 1. The number of halogens is 1. The topological polar surface area (TPSA) is 58.6 Å². The highest BCUT2D eigenvalue weighted by atomic mass is 19.1. The second-order valence-corrected chi connectivity index (χ2v) is 5.64. The molecule has 0 aliphatic heterocycles. The largest absolute Gasteiger partial charge is 0.489 e. The molecular weight excluding hydrogens is 285 g/mol. The van der Waals surface area contributed by atoms with Gasteiger partial charge in [-0.2, -0.15) is 0 Å². The number of hydrogen-bond donors (Lipinski definition) is 2. The first-order valence-corrected chi connectivity index (χ1v) is 7.84. The molecule has 1 aromatic carbocycles. The summed E-state index contributed by atoms with van der Waals surface area (Å²) in [5.41, 5.74) is 0. The van der Waals surface area contributed by atoms with Crippen LogP contribution < -0.4 is 10.1 Å². The number of aliphatic hydroxyl groups is 1. The maximum absolute atomic E-state index is 13.0. The molecule has 0 fully saturated rings. The van der Waals surface area contributed by atoms with E-state index < -0.39 is 0 Å². The van der Waals surface area contributed by atoms with E-state index in [1.165, 1.54) is 12.1 Å². The summed E-state index contributed by atoms with van der Waals surface area (Å²) in [5, 5.41) is 11.9. The highest BCUT2D eigenvalue weighted by Gasteiger charge is 2.07. The number of amides is 1. The van der Waals surface area contributed by atoms with E-state index in [0.717, 1.165) is 25.7 Å². The molecular formula is C17H26FNO3. The van der Waals surface area contributed by atoms with E-state index in [1.807, 2.05) is 6.92 Å². The standard InChI is InChI=1S/C17H26FNO3/c1-13(20)7-4-3-5-10-17(21)19-12-14(2)22-16-9-6-8-15(18)11-16/h6,8-9,11,13-14,20H,3-5,7,10,12H2,1-2H3,(H,19,21). The fourth-order valence-electron chi connectivity index (χ4n) is 2.06. The molecule has 2 unspecified atom stereocenters. The van der Waals surface area contributed by atoms with Gasteiger partial charge in [0.15, 0.2) is 0 Å². The summed E-state index contributed by atoms with van der Waals surface area (Å²) in [6.07, 6.45) is 3.46. The van der Waals surface area contributed by atoms with Crippen LogP contribution in [0.1, 0.15) is 46.0 Å². The molecule has 0 saturated carbocycles. The van der Waals surface area contributed by atoms with E-state index in [4.69, 9.17) is 9.84 Å². The molecule has 1 aromatic rings. The SMILES string of the molecule is CC(O)CCCCCC(=O)NCC(C)Oc1cccc(F)c1. The van der Waals surface area contributed by atoms with Crippen LogP contribution in [-0.4, -0.2) is 29.8 Å². The third-order valence-electron chi connectivity index (χ3n) is 3.25. The van der Waals surface area contributed by atoms with Gasteiger partial charge in [-0.1, -0.05) is 18.9 Å². The lowest BCUT2D eigenvalue weighted by Crippen LogP contribution is -2.33. The zero-order chi connectivity index (χ0) is 16.4. The van der Waals surface area contributed by atoms with Crippen LogP contribution in [0.3, 0.4) is 0 Å². The average Bonchev–Trinajstić information content (AvgIpc) is 2.44. The van der Waals surface area contributed by atoms with Gasteiger partial charge in [-0.3, -0.25) is 4.79 Å². The van der Waals surface area contributed by atoms with Crippen LogP contribution in [0.2, 0.25) is 0 Å². The zero-order valence-corrected chi connectivity index (χ0v) is 13.3. The molecule has 0 saturated heterocycles. The smallest absolute Gasteiger partial charge is 0.220 e. The summed E-state index contributed by atoms with van der Waals surface area (Å²) in [7, 11) is 0. The van der Waals surface area contributed by atoms with Crippen molar-refractivity contribution in [1.82, 2.24) is 5.32 Å². The summed E-state index contributed by atoms with van der Waals surface area (Å²) in [5.74, 6) is 0.109. The highest BCUT2D eigenvalue weighted by molar-refractivity contribution is 5.75. The predicted octanol–water partition coefficient (Wildman–Crippen LogP) is 3.04.